The number of ketones is 2. The van der Waals surface area contributed by atoms with Crippen molar-refractivity contribution in [2.75, 3.05) is 7.05 Å². The molecule has 0 aliphatic heterocycles. The molecule has 8 heteroatoms. The van der Waals surface area contributed by atoms with E-state index in [1.54, 1.807) is 14.0 Å². The molecule has 0 spiro atoms. The van der Waals surface area contributed by atoms with E-state index in [2.05, 4.69) is 10.6 Å². The quantitative estimate of drug-likeness (QED) is 0.446. The Labute approximate surface area is 166 Å². The average Bonchev–Trinajstić information content (AvgIpc) is 3.02. The van der Waals surface area contributed by atoms with Crippen LogP contribution in [0, 0.1) is 5.92 Å². The predicted molar refractivity (Wildman–Crippen MR) is 107 cm³/mol. The molecule has 1 rings (SSSR count). The monoisotopic (exact) mass is 399 g/mol. The van der Waals surface area contributed by atoms with E-state index < -0.39 is 23.7 Å². The first kappa shape index (κ1) is 23.8. The SMILES string of the molecule is CN[C@@H](CC(C)C)C(=O)C(=O)CC[C@H](N)C(=O)NC1CCC(SC(C)=O)C1. The van der Waals surface area contributed by atoms with Gasteiger partial charge in [0, 0.05) is 24.6 Å². The second-order valence-corrected chi connectivity index (χ2v) is 9.13. The number of hydrogen-bond acceptors (Lipinski definition) is 7. The molecule has 0 aromatic heterocycles. The first-order valence-electron chi connectivity index (χ1n) is 9.61. The number of carbonyl (C=O) groups is 4. The Morgan fingerprint density at radius 3 is 2.41 bits per heavy atom. The van der Waals surface area contributed by atoms with Gasteiger partial charge in [-0.05, 0) is 45.1 Å². The van der Waals surface area contributed by atoms with Crippen LogP contribution in [0.1, 0.15) is 59.3 Å². The zero-order valence-electron chi connectivity index (χ0n) is 16.7. The Bertz CT molecular complexity index is 553. The van der Waals surface area contributed by atoms with Gasteiger partial charge in [0.25, 0.3) is 0 Å². The molecule has 1 aliphatic rings. The van der Waals surface area contributed by atoms with Crippen LogP contribution in [-0.2, 0) is 19.2 Å². The van der Waals surface area contributed by atoms with E-state index in [9.17, 15) is 19.2 Å². The summed E-state index contributed by atoms with van der Waals surface area (Å²) in [4.78, 5) is 47.7. The lowest BCUT2D eigenvalue weighted by atomic mass is 9.96. The Kier molecular flexibility index (Phi) is 10.2. The molecule has 1 amide bonds. The minimum Gasteiger partial charge on any atom is -0.352 e. The van der Waals surface area contributed by atoms with Crippen LogP contribution in [0.15, 0.2) is 0 Å². The number of amides is 1. The Balaban J connectivity index is 2.39. The van der Waals surface area contributed by atoms with Gasteiger partial charge in [-0.3, -0.25) is 19.2 Å². The lowest BCUT2D eigenvalue weighted by Gasteiger charge is -2.18. The normalized spacial score (nSPS) is 21.7. The van der Waals surface area contributed by atoms with Gasteiger partial charge in [0.2, 0.25) is 11.7 Å². The number of Topliss-reactive ketones (excluding diaryl/α,β-unsaturated/α-hetero) is 2. The van der Waals surface area contributed by atoms with E-state index in [1.807, 2.05) is 13.8 Å². The van der Waals surface area contributed by atoms with E-state index in [0.29, 0.717) is 12.3 Å². The second-order valence-electron chi connectivity index (χ2n) is 7.65. The third-order valence-corrected chi connectivity index (χ3v) is 5.82. The third kappa shape index (κ3) is 8.53. The summed E-state index contributed by atoms with van der Waals surface area (Å²) in [5.74, 6) is -0.944. The van der Waals surface area contributed by atoms with Crippen molar-refractivity contribution in [2.45, 2.75) is 82.7 Å². The molecular formula is C19H33N3O4S. The molecule has 0 heterocycles. The van der Waals surface area contributed by atoms with Crippen molar-refractivity contribution in [1.29, 1.82) is 0 Å². The fourth-order valence-electron chi connectivity index (χ4n) is 3.28. The van der Waals surface area contributed by atoms with Crippen molar-refractivity contribution < 1.29 is 19.2 Å². The molecule has 154 valence electrons. The van der Waals surface area contributed by atoms with Crippen LogP contribution >= 0.6 is 11.8 Å². The first-order valence-corrected chi connectivity index (χ1v) is 10.5. The van der Waals surface area contributed by atoms with Crippen LogP contribution in [0.5, 0.6) is 0 Å². The Morgan fingerprint density at radius 1 is 1.19 bits per heavy atom. The molecule has 1 fully saturated rings. The number of thioether (sulfide) groups is 1. The van der Waals surface area contributed by atoms with Gasteiger partial charge in [0.1, 0.15) is 0 Å². The summed E-state index contributed by atoms with van der Waals surface area (Å²) in [6, 6.07) is -1.30. The summed E-state index contributed by atoms with van der Waals surface area (Å²) in [7, 11) is 1.66. The van der Waals surface area contributed by atoms with Gasteiger partial charge >= 0.3 is 0 Å². The molecule has 1 aliphatic carbocycles. The van der Waals surface area contributed by atoms with Gasteiger partial charge in [-0.25, -0.2) is 0 Å². The molecule has 4 N–H and O–H groups in total. The molecule has 0 saturated heterocycles. The lowest BCUT2D eigenvalue weighted by Crippen LogP contribution is -2.45. The number of rotatable bonds is 11. The predicted octanol–water partition coefficient (Wildman–Crippen LogP) is 1.18. The zero-order chi connectivity index (χ0) is 20.6. The standard InChI is InChI=1S/C19H33N3O4S/c1-11(2)9-16(21-4)18(25)17(24)8-7-15(20)19(26)22-13-5-6-14(10-13)27-12(3)23/h11,13-16,21H,5-10,20H2,1-4H3,(H,22,26)/t13?,14?,15-,16-/m0/s1. The van der Waals surface area contributed by atoms with E-state index in [0.717, 1.165) is 19.3 Å². The van der Waals surface area contributed by atoms with Crippen molar-refractivity contribution in [2.24, 2.45) is 11.7 Å². The average molecular weight is 400 g/mol. The van der Waals surface area contributed by atoms with Gasteiger partial charge in [-0.15, -0.1) is 0 Å². The van der Waals surface area contributed by atoms with Gasteiger partial charge in [-0.2, -0.15) is 0 Å². The number of likely N-dealkylation sites (N-methyl/N-ethyl adjacent to an activating group) is 1. The van der Waals surface area contributed by atoms with E-state index >= 15 is 0 Å². The second kappa shape index (κ2) is 11.6. The minimum atomic E-state index is -0.820. The number of nitrogens with two attached hydrogens (primary N) is 1. The van der Waals surface area contributed by atoms with E-state index in [4.69, 9.17) is 5.73 Å². The molecule has 2 unspecified atom stereocenters. The third-order valence-electron chi connectivity index (χ3n) is 4.73. The largest absolute Gasteiger partial charge is 0.352 e. The van der Waals surface area contributed by atoms with E-state index in [-0.39, 0.29) is 35.2 Å². The molecule has 0 bridgehead atoms. The molecule has 27 heavy (non-hydrogen) atoms. The molecular weight excluding hydrogens is 366 g/mol. The number of nitrogens with one attached hydrogen (secondary N) is 2. The van der Waals surface area contributed by atoms with Gasteiger partial charge in [0.15, 0.2) is 10.9 Å². The van der Waals surface area contributed by atoms with Gasteiger partial charge < -0.3 is 16.4 Å². The summed E-state index contributed by atoms with van der Waals surface area (Å²) < 4.78 is 0. The highest BCUT2D eigenvalue weighted by atomic mass is 32.2. The molecule has 7 nitrogen and oxygen atoms in total. The summed E-state index contributed by atoms with van der Waals surface area (Å²) in [6.45, 7) is 5.53. The summed E-state index contributed by atoms with van der Waals surface area (Å²) in [5.41, 5.74) is 5.90. The zero-order valence-corrected chi connectivity index (χ0v) is 17.6. The summed E-state index contributed by atoms with van der Waals surface area (Å²) in [5, 5.41) is 6.11. The molecule has 0 radical (unpaired) electrons. The smallest absolute Gasteiger partial charge is 0.237 e. The maximum atomic E-state index is 12.2. The molecule has 0 aromatic carbocycles. The van der Waals surface area contributed by atoms with Crippen molar-refractivity contribution in [1.82, 2.24) is 10.6 Å². The summed E-state index contributed by atoms with van der Waals surface area (Å²) in [6.07, 6.45) is 3.16. The fourth-order valence-corrected chi connectivity index (χ4v) is 4.34. The van der Waals surface area contributed by atoms with Crippen molar-refractivity contribution >= 4 is 34.4 Å². The topological polar surface area (TPSA) is 118 Å². The number of hydrogen-bond donors (Lipinski definition) is 3. The van der Waals surface area contributed by atoms with Crippen molar-refractivity contribution in [3.8, 4) is 0 Å². The van der Waals surface area contributed by atoms with Crippen LogP contribution in [0.25, 0.3) is 0 Å². The maximum Gasteiger partial charge on any atom is 0.237 e. The number of carbonyl (C=O) groups excluding carboxylic acids is 4. The highest BCUT2D eigenvalue weighted by Gasteiger charge is 2.29. The van der Waals surface area contributed by atoms with Crippen LogP contribution in [-0.4, -0.2) is 53.0 Å². The highest BCUT2D eigenvalue weighted by Crippen LogP contribution is 2.30. The van der Waals surface area contributed by atoms with Gasteiger partial charge in [0.05, 0.1) is 12.1 Å². The van der Waals surface area contributed by atoms with Crippen LogP contribution in [0.3, 0.4) is 0 Å². The van der Waals surface area contributed by atoms with Crippen LogP contribution in [0.2, 0.25) is 0 Å². The minimum absolute atomic E-state index is 0.0115. The first-order chi connectivity index (χ1) is 12.6. The lowest BCUT2D eigenvalue weighted by molar-refractivity contribution is -0.138. The van der Waals surface area contributed by atoms with Gasteiger partial charge in [-0.1, -0.05) is 25.6 Å². The maximum absolute atomic E-state index is 12.2. The highest BCUT2D eigenvalue weighted by molar-refractivity contribution is 8.14. The van der Waals surface area contributed by atoms with Crippen molar-refractivity contribution in [3.05, 3.63) is 0 Å². The van der Waals surface area contributed by atoms with Crippen molar-refractivity contribution in [3.63, 3.8) is 0 Å². The summed E-state index contributed by atoms with van der Waals surface area (Å²) >= 11 is 1.32. The Morgan fingerprint density at radius 2 is 1.85 bits per heavy atom. The van der Waals surface area contributed by atoms with Crippen LogP contribution < -0.4 is 16.4 Å². The Hall–Kier alpha value is -1.25. The molecule has 0 aromatic rings. The molecule has 4 atom stereocenters. The molecule has 1 saturated carbocycles. The van der Waals surface area contributed by atoms with Crippen LogP contribution in [0.4, 0.5) is 0 Å². The fraction of sp³-hybridized carbons (Fsp3) is 0.789. The van der Waals surface area contributed by atoms with E-state index in [1.165, 1.54) is 11.8 Å².